The lowest BCUT2D eigenvalue weighted by atomic mass is 9.80. The zero-order chi connectivity index (χ0) is 25.3. The molecule has 0 amide bonds. The quantitative estimate of drug-likeness (QED) is 0.538. The number of nitrogens with zero attached hydrogens (tertiary/aromatic N) is 3. The molecule has 9 heteroatoms. The summed E-state index contributed by atoms with van der Waals surface area (Å²) in [4.78, 5) is 22.1. The Balaban J connectivity index is 1.33. The van der Waals surface area contributed by atoms with E-state index < -0.39 is 11.7 Å². The Morgan fingerprint density at radius 2 is 1.78 bits per heavy atom. The van der Waals surface area contributed by atoms with Crippen molar-refractivity contribution >= 4 is 28.9 Å². The number of halogens is 4. The molecule has 3 aliphatic rings. The Bertz CT molecular complexity index is 1080. The molecule has 3 heterocycles. The number of para-hydroxylation sites is 1. The molecule has 1 aromatic heterocycles. The minimum absolute atomic E-state index is 0.00124. The second kappa shape index (κ2) is 10.6. The minimum Gasteiger partial charge on any atom is -0.380 e. The van der Waals surface area contributed by atoms with Gasteiger partial charge in [0.15, 0.2) is 5.78 Å². The monoisotopic (exact) mass is 520 g/mol. The lowest BCUT2D eigenvalue weighted by Crippen LogP contribution is -2.60. The third-order valence-electron chi connectivity index (χ3n) is 7.92. The van der Waals surface area contributed by atoms with Gasteiger partial charge in [0.05, 0.1) is 16.6 Å². The van der Waals surface area contributed by atoms with Crippen LogP contribution in [0.25, 0.3) is 0 Å². The van der Waals surface area contributed by atoms with Gasteiger partial charge in [-0.05, 0) is 43.4 Å². The highest BCUT2D eigenvalue weighted by Crippen LogP contribution is 2.35. The van der Waals surface area contributed by atoms with E-state index in [0.29, 0.717) is 37.8 Å². The van der Waals surface area contributed by atoms with Crippen LogP contribution in [0.5, 0.6) is 0 Å². The smallest absolute Gasteiger partial charge is 0.380 e. The summed E-state index contributed by atoms with van der Waals surface area (Å²) in [5, 5.41) is 3.67. The molecule has 1 N–H and O–H groups in total. The average Bonchev–Trinajstić information content (AvgIpc) is 2.89. The number of alkyl halides is 3. The molecule has 1 saturated carbocycles. The number of hydrogen-bond donors (Lipinski definition) is 1. The number of anilines is 2. The Morgan fingerprint density at radius 1 is 1.06 bits per heavy atom. The number of fused-ring (bicyclic) bond motifs is 1. The number of rotatable bonds is 5. The number of nitrogens with one attached hydrogen (secondary N) is 1. The van der Waals surface area contributed by atoms with Crippen molar-refractivity contribution in [2.45, 2.75) is 63.2 Å². The van der Waals surface area contributed by atoms with Crippen LogP contribution in [0.1, 0.15) is 49.7 Å². The van der Waals surface area contributed by atoms with Gasteiger partial charge in [-0.15, -0.1) is 0 Å². The van der Waals surface area contributed by atoms with E-state index in [-0.39, 0.29) is 23.0 Å². The van der Waals surface area contributed by atoms with Gasteiger partial charge in [-0.25, -0.2) is 4.98 Å². The summed E-state index contributed by atoms with van der Waals surface area (Å²) in [5.41, 5.74) is 1.54. The first-order valence-electron chi connectivity index (χ1n) is 12.9. The lowest BCUT2D eigenvalue weighted by molar-refractivity contribution is -0.137. The van der Waals surface area contributed by atoms with Gasteiger partial charge in [-0.1, -0.05) is 49.1 Å². The van der Waals surface area contributed by atoms with Gasteiger partial charge in [-0.2, -0.15) is 13.2 Å². The predicted octanol–water partition coefficient (Wildman–Crippen LogP) is 5.82. The molecule has 2 fully saturated rings. The SMILES string of the molecule is O=C(C1CCCCC1)C(C1CCc2ccccc2N1)N1CCN(c2ncc(C(F)(F)F)cc2Cl)CC1. The van der Waals surface area contributed by atoms with E-state index in [4.69, 9.17) is 11.6 Å². The van der Waals surface area contributed by atoms with Crippen LogP contribution in [0.3, 0.4) is 0 Å². The predicted molar refractivity (Wildman–Crippen MR) is 136 cm³/mol. The first kappa shape index (κ1) is 25.3. The van der Waals surface area contributed by atoms with Crippen LogP contribution in [-0.4, -0.2) is 53.9 Å². The topological polar surface area (TPSA) is 48.5 Å². The number of carbonyl (C=O) groups excluding carboxylic acids is 1. The van der Waals surface area contributed by atoms with Crippen LogP contribution in [0, 0.1) is 5.92 Å². The summed E-state index contributed by atoms with van der Waals surface area (Å²) >= 11 is 6.21. The van der Waals surface area contributed by atoms with Gasteiger partial charge in [0.1, 0.15) is 5.82 Å². The second-order valence-electron chi connectivity index (χ2n) is 10.2. The maximum atomic E-state index is 13.9. The van der Waals surface area contributed by atoms with Crippen molar-refractivity contribution in [2.75, 3.05) is 36.4 Å². The molecule has 2 aromatic rings. The highest BCUT2D eigenvalue weighted by atomic mass is 35.5. The summed E-state index contributed by atoms with van der Waals surface area (Å²) in [6.07, 6.45) is 3.53. The lowest BCUT2D eigenvalue weighted by Gasteiger charge is -2.44. The third-order valence-corrected chi connectivity index (χ3v) is 8.20. The highest BCUT2D eigenvalue weighted by Gasteiger charge is 2.40. The third kappa shape index (κ3) is 5.35. The molecule has 36 heavy (non-hydrogen) atoms. The maximum Gasteiger partial charge on any atom is 0.417 e. The molecule has 5 nitrogen and oxygen atoms in total. The van der Waals surface area contributed by atoms with Crippen molar-refractivity contribution in [1.29, 1.82) is 0 Å². The van der Waals surface area contributed by atoms with Crippen LogP contribution in [0.4, 0.5) is 24.7 Å². The van der Waals surface area contributed by atoms with Gasteiger partial charge in [0.2, 0.25) is 0 Å². The molecule has 0 bridgehead atoms. The Labute approximate surface area is 215 Å². The van der Waals surface area contributed by atoms with Crippen LogP contribution >= 0.6 is 11.6 Å². The zero-order valence-electron chi connectivity index (χ0n) is 20.2. The molecule has 2 aliphatic heterocycles. The molecule has 2 atom stereocenters. The fourth-order valence-electron chi connectivity index (χ4n) is 5.99. The summed E-state index contributed by atoms with van der Waals surface area (Å²) in [6.45, 7) is 2.36. The van der Waals surface area contributed by atoms with E-state index >= 15 is 0 Å². The summed E-state index contributed by atoms with van der Waals surface area (Å²) in [7, 11) is 0. The molecular formula is C27H32ClF3N4O. The number of benzene rings is 1. The first-order valence-corrected chi connectivity index (χ1v) is 13.3. The van der Waals surface area contributed by atoms with Crippen LogP contribution in [-0.2, 0) is 17.4 Å². The highest BCUT2D eigenvalue weighted by molar-refractivity contribution is 6.33. The van der Waals surface area contributed by atoms with Crippen molar-refractivity contribution in [2.24, 2.45) is 5.92 Å². The fourth-order valence-corrected chi connectivity index (χ4v) is 6.28. The van der Waals surface area contributed by atoms with Crippen LogP contribution in [0.2, 0.25) is 5.02 Å². The van der Waals surface area contributed by atoms with E-state index in [1.165, 1.54) is 12.0 Å². The molecule has 5 rings (SSSR count). The van der Waals surface area contributed by atoms with Crippen molar-refractivity contribution in [3.8, 4) is 0 Å². The van der Waals surface area contributed by atoms with Crippen molar-refractivity contribution in [3.05, 3.63) is 52.7 Å². The average molecular weight is 521 g/mol. The van der Waals surface area contributed by atoms with Gasteiger partial charge >= 0.3 is 6.18 Å². The van der Waals surface area contributed by atoms with E-state index in [9.17, 15) is 18.0 Å². The number of ketones is 1. The number of pyridine rings is 1. The van der Waals surface area contributed by atoms with E-state index in [0.717, 1.165) is 56.5 Å². The Kier molecular flexibility index (Phi) is 7.45. The van der Waals surface area contributed by atoms with Gasteiger partial charge in [0.25, 0.3) is 0 Å². The van der Waals surface area contributed by atoms with Crippen molar-refractivity contribution in [3.63, 3.8) is 0 Å². The zero-order valence-corrected chi connectivity index (χ0v) is 21.0. The molecular weight excluding hydrogens is 489 g/mol. The van der Waals surface area contributed by atoms with Crippen LogP contribution in [0.15, 0.2) is 36.5 Å². The largest absolute Gasteiger partial charge is 0.417 e. The van der Waals surface area contributed by atoms with Crippen molar-refractivity contribution in [1.82, 2.24) is 9.88 Å². The van der Waals surface area contributed by atoms with Crippen LogP contribution < -0.4 is 10.2 Å². The van der Waals surface area contributed by atoms with Crippen molar-refractivity contribution < 1.29 is 18.0 Å². The molecule has 1 saturated heterocycles. The standard InChI is InChI=1S/C27H32ClF3N4O/c28-21-16-20(27(29,30)31)17-32-26(21)35-14-12-34(13-15-35)24(25(36)19-7-2-1-3-8-19)23-11-10-18-6-4-5-9-22(18)33-23/h4-6,9,16-17,19,23-24,33H,1-3,7-8,10-15H2. The number of aryl methyl sites for hydroxylation is 1. The van der Waals surface area contributed by atoms with E-state index in [1.54, 1.807) is 0 Å². The van der Waals surface area contributed by atoms with E-state index in [1.807, 2.05) is 17.0 Å². The summed E-state index contributed by atoms with van der Waals surface area (Å²) < 4.78 is 39.1. The number of hydrogen-bond acceptors (Lipinski definition) is 5. The fraction of sp³-hybridized carbons (Fsp3) is 0.556. The molecule has 2 unspecified atom stereocenters. The first-order chi connectivity index (χ1) is 17.3. The number of Topliss-reactive ketones (excluding diaryl/α,β-unsaturated/α-hetero) is 1. The van der Waals surface area contributed by atoms with E-state index in [2.05, 4.69) is 27.3 Å². The normalized spacial score (nSPS) is 22.6. The summed E-state index contributed by atoms with van der Waals surface area (Å²) in [6, 6.07) is 9.04. The summed E-state index contributed by atoms with van der Waals surface area (Å²) in [5.74, 6) is 0.807. The Hall–Kier alpha value is -2.32. The minimum atomic E-state index is -4.48. The number of carbonyl (C=O) groups is 1. The molecule has 0 spiro atoms. The van der Waals surface area contributed by atoms with Gasteiger partial charge < -0.3 is 10.2 Å². The van der Waals surface area contributed by atoms with Gasteiger partial charge in [-0.3, -0.25) is 9.69 Å². The molecule has 194 valence electrons. The number of aromatic nitrogens is 1. The maximum absolute atomic E-state index is 13.9. The van der Waals surface area contributed by atoms with Gasteiger partial charge in [0, 0.05) is 50.0 Å². The number of piperazine rings is 1. The second-order valence-corrected chi connectivity index (χ2v) is 10.6. The molecule has 1 aromatic carbocycles. The molecule has 1 aliphatic carbocycles. The Morgan fingerprint density at radius 3 is 2.47 bits per heavy atom. The molecule has 0 radical (unpaired) electrons.